The van der Waals surface area contributed by atoms with Crippen LogP contribution in [0.15, 0.2) is 18.2 Å². The molecule has 0 spiro atoms. The van der Waals surface area contributed by atoms with Crippen molar-refractivity contribution in [2.75, 3.05) is 5.32 Å². The van der Waals surface area contributed by atoms with Crippen LogP contribution >= 0.6 is 0 Å². The summed E-state index contributed by atoms with van der Waals surface area (Å²) in [7, 11) is 0. The monoisotopic (exact) mass is 290 g/mol. The molecule has 3 N–H and O–H groups in total. The summed E-state index contributed by atoms with van der Waals surface area (Å²) >= 11 is 0. The van der Waals surface area contributed by atoms with E-state index in [0.29, 0.717) is 11.7 Å². The lowest BCUT2D eigenvalue weighted by molar-refractivity contribution is 0.0697. The van der Waals surface area contributed by atoms with Crippen LogP contribution in [0.5, 0.6) is 0 Å². The zero-order valence-corrected chi connectivity index (χ0v) is 10.8. The van der Waals surface area contributed by atoms with Gasteiger partial charge in [0.2, 0.25) is 5.82 Å². The van der Waals surface area contributed by atoms with E-state index in [9.17, 15) is 14.0 Å². The molecule has 0 atom stereocenters. The summed E-state index contributed by atoms with van der Waals surface area (Å²) in [6, 6.07) is 3.09. The number of nitrogens with one attached hydrogen (secondary N) is 2. The van der Waals surface area contributed by atoms with Gasteiger partial charge in [-0.05, 0) is 31.0 Å². The third-order valence-corrected chi connectivity index (χ3v) is 3.13. The molecule has 1 aliphatic carbocycles. The molecule has 21 heavy (non-hydrogen) atoms. The molecular weight excluding hydrogens is 279 g/mol. The number of carboxylic acid groups (broad SMARTS) is 1. The minimum Gasteiger partial charge on any atom is -0.478 e. The van der Waals surface area contributed by atoms with Crippen LogP contribution in [0, 0.1) is 5.82 Å². The molecule has 1 aromatic carbocycles. The van der Waals surface area contributed by atoms with Gasteiger partial charge in [0.1, 0.15) is 11.6 Å². The number of benzene rings is 1. The van der Waals surface area contributed by atoms with E-state index in [1.807, 2.05) is 0 Å². The number of aromatic carboxylic acids is 1. The molecule has 0 radical (unpaired) electrons. The number of H-pyrrole nitrogens is 1. The van der Waals surface area contributed by atoms with E-state index in [2.05, 4.69) is 20.5 Å². The number of aromatic nitrogens is 3. The molecule has 0 saturated heterocycles. The zero-order chi connectivity index (χ0) is 15.0. The van der Waals surface area contributed by atoms with Gasteiger partial charge in [0.25, 0.3) is 5.91 Å². The Hall–Kier alpha value is -2.77. The molecule has 0 unspecified atom stereocenters. The lowest BCUT2D eigenvalue weighted by Crippen LogP contribution is -2.16. The number of anilines is 1. The molecule has 1 aromatic heterocycles. The first-order valence-electron chi connectivity index (χ1n) is 6.31. The maximum absolute atomic E-state index is 13.1. The molecule has 108 valence electrons. The molecule has 0 aliphatic heterocycles. The van der Waals surface area contributed by atoms with E-state index in [1.165, 1.54) is 6.07 Å². The van der Waals surface area contributed by atoms with Crippen LogP contribution in [0.2, 0.25) is 0 Å². The number of rotatable bonds is 4. The average molecular weight is 290 g/mol. The zero-order valence-electron chi connectivity index (χ0n) is 10.8. The van der Waals surface area contributed by atoms with Crippen molar-refractivity contribution >= 4 is 17.6 Å². The van der Waals surface area contributed by atoms with Gasteiger partial charge in [0.05, 0.1) is 11.3 Å². The van der Waals surface area contributed by atoms with Gasteiger partial charge in [-0.15, -0.1) is 5.10 Å². The van der Waals surface area contributed by atoms with E-state index in [1.54, 1.807) is 0 Å². The highest BCUT2D eigenvalue weighted by Gasteiger charge is 2.28. The molecule has 1 saturated carbocycles. The van der Waals surface area contributed by atoms with Crippen molar-refractivity contribution in [1.82, 2.24) is 15.2 Å². The molecular formula is C13H11FN4O3. The number of nitrogens with zero attached hydrogens (tertiary/aromatic N) is 2. The Bertz CT molecular complexity index is 724. The standard InChI is InChI=1S/C13H11FN4O3/c14-7-3-4-9(8(5-7)13(20)21)15-12(19)11-16-10(17-18-11)6-1-2-6/h3-6H,1-2H2,(H,15,19)(H,20,21)(H,16,17,18). The number of amides is 1. The summed E-state index contributed by atoms with van der Waals surface area (Å²) in [4.78, 5) is 27.1. The Labute approximate surface area is 118 Å². The third kappa shape index (κ3) is 2.73. The van der Waals surface area contributed by atoms with Crippen LogP contribution in [0.1, 0.15) is 45.6 Å². The topological polar surface area (TPSA) is 108 Å². The van der Waals surface area contributed by atoms with Crippen LogP contribution < -0.4 is 5.32 Å². The fraction of sp³-hybridized carbons (Fsp3) is 0.231. The molecule has 2 aromatic rings. The van der Waals surface area contributed by atoms with Crippen molar-refractivity contribution in [3.05, 3.63) is 41.2 Å². The van der Waals surface area contributed by atoms with Crippen molar-refractivity contribution in [3.63, 3.8) is 0 Å². The highest BCUT2D eigenvalue weighted by atomic mass is 19.1. The van der Waals surface area contributed by atoms with Gasteiger partial charge < -0.3 is 10.4 Å². The molecule has 7 nitrogen and oxygen atoms in total. The van der Waals surface area contributed by atoms with Gasteiger partial charge in [0.15, 0.2) is 0 Å². The molecule has 1 fully saturated rings. The Balaban J connectivity index is 1.81. The lowest BCUT2D eigenvalue weighted by atomic mass is 10.1. The normalized spacial score (nSPS) is 14.0. The Morgan fingerprint density at radius 1 is 1.38 bits per heavy atom. The van der Waals surface area contributed by atoms with Gasteiger partial charge in [-0.25, -0.2) is 14.2 Å². The average Bonchev–Trinajstić information content (AvgIpc) is 3.18. The highest BCUT2D eigenvalue weighted by molar-refractivity contribution is 6.05. The predicted octanol–water partition coefficient (Wildman–Crippen LogP) is 1.77. The summed E-state index contributed by atoms with van der Waals surface area (Å²) < 4.78 is 13.1. The van der Waals surface area contributed by atoms with Gasteiger partial charge in [-0.2, -0.15) is 0 Å². The summed E-state index contributed by atoms with van der Waals surface area (Å²) in [5, 5.41) is 17.9. The van der Waals surface area contributed by atoms with E-state index in [0.717, 1.165) is 25.0 Å². The molecule has 1 aliphatic rings. The maximum Gasteiger partial charge on any atom is 0.337 e. The Morgan fingerprint density at radius 2 is 2.14 bits per heavy atom. The Morgan fingerprint density at radius 3 is 2.81 bits per heavy atom. The second kappa shape index (κ2) is 4.97. The number of carbonyl (C=O) groups excluding carboxylic acids is 1. The molecule has 1 amide bonds. The number of halogens is 1. The van der Waals surface area contributed by atoms with Crippen LogP contribution in [0.4, 0.5) is 10.1 Å². The highest BCUT2D eigenvalue weighted by Crippen LogP contribution is 2.37. The predicted molar refractivity (Wildman–Crippen MR) is 69.7 cm³/mol. The molecule has 3 rings (SSSR count). The second-order valence-electron chi connectivity index (χ2n) is 4.77. The van der Waals surface area contributed by atoms with E-state index < -0.39 is 17.7 Å². The summed E-state index contributed by atoms with van der Waals surface area (Å²) in [6.07, 6.45) is 2.02. The fourth-order valence-corrected chi connectivity index (χ4v) is 1.90. The summed E-state index contributed by atoms with van der Waals surface area (Å²) in [6.45, 7) is 0. The number of hydrogen-bond donors (Lipinski definition) is 3. The van der Waals surface area contributed by atoms with Crippen molar-refractivity contribution in [2.24, 2.45) is 0 Å². The smallest absolute Gasteiger partial charge is 0.337 e. The van der Waals surface area contributed by atoms with Crippen LogP contribution in [-0.4, -0.2) is 32.2 Å². The number of aromatic amines is 1. The number of hydrogen-bond acceptors (Lipinski definition) is 4. The van der Waals surface area contributed by atoms with Gasteiger partial charge >= 0.3 is 5.97 Å². The fourth-order valence-electron chi connectivity index (χ4n) is 1.90. The molecule has 1 heterocycles. The first-order chi connectivity index (χ1) is 10.0. The third-order valence-electron chi connectivity index (χ3n) is 3.13. The van der Waals surface area contributed by atoms with E-state index in [4.69, 9.17) is 5.11 Å². The van der Waals surface area contributed by atoms with Gasteiger partial charge in [-0.1, -0.05) is 0 Å². The van der Waals surface area contributed by atoms with Crippen molar-refractivity contribution in [2.45, 2.75) is 18.8 Å². The number of carbonyl (C=O) groups is 2. The van der Waals surface area contributed by atoms with Crippen molar-refractivity contribution < 1.29 is 19.1 Å². The summed E-state index contributed by atoms with van der Waals surface area (Å²) in [5.74, 6) is -1.78. The van der Waals surface area contributed by atoms with Crippen molar-refractivity contribution in [1.29, 1.82) is 0 Å². The van der Waals surface area contributed by atoms with Gasteiger partial charge in [0, 0.05) is 5.92 Å². The first kappa shape index (κ1) is 13.2. The molecule has 0 bridgehead atoms. The minimum absolute atomic E-state index is 0.00771. The van der Waals surface area contributed by atoms with Crippen LogP contribution in [0.25, 0.3) is 0 Å². The van der Waals surface area contributed by atoms with E-state index >= 15 is 0 Å². The first-order valence-corrected chi connectivity index (χ1v) is 6.31. The van der Waals surface area contributed by atoms with Crippen LogP contribution in [-0.2, 0) is 0 Å². The Kier molecular flexibility index (Phi) is 3.13. The molecule has 8 heteroatoms. The quantitative estimate of drug-likeness (QED) is 0.795. The maximum atomic E-state index is 13.1. The largest absolute Gasteiger partial charge is 0.478 e. The second-order valence-corrected chi connectivity index (χ2v) is 4.77. The number of carboxylic acids is 1. The van der Waals surface area contributed by atoms with E-state index in [-0.39, 0.29) is 17.1 Å². The SMILES string of the molecule is O=C(Nc1ccc(F)cc1C(=O)O)c1n[nH]c(C2CC2)n1. The lowest BCUT2D eigenvalue weighted by Gasteiger charge is -2.06. The van der Waals surface area contributed by atoms with Crippen LogP contribution in [0.3, 0.4) is 0 Å². The van der Waals surface area contributed by atoms with Gasteiger partial charge in [-0.3, -0.25) is 9.89 Å². The van der Waals surface area contributed by atoms with Crippen molar-refractivity contribution in [3.8, 4) is 0 Å². The minimum atomic E-state index is -1.33. The summed E-state index contributed by atoms with van der Waals surface area (Å²) in [5.41, 5.74) is -0.340.